The van der Waals surface area contributed by atoms with Gasteiger partial charge < -0.3 is 0 Å². The average Bonchev–Trinajstić information content (AvgIpc) is 3.34. The van der Waals surface area contributed by atoms with Crippen LogP contribution >= 0.6 is 0 Å². The number of aryl methyl sites for hydroxylation is 2. The first-order valence-electron chi connectivity index (χ1n) is 11.0. The van der Waals surface area contributed by atoms with Crippen LogP contribution in [0.5, 0.6) is 0 Å². The highest BCUT2D eigenvalue weighted by molar-refractivity contribution is 6.05. The van der Waals surface area contributed by atoms with Gasteiger partial charge in [-0.25, -0.2) is 0 Å². The Kier molecular flexibility index (Phi) is 3.65. The molecule has 0 amide bonds. The fraction of sp³-hybridized carbons (Fsp3) is 0.200. The van der Waals surface area contributed by atoms with Gasteiger partial charge in [0.2, 0.25) is 0 Å². The summed E-state index contributed by atoms with van der Waals surface area (Å²) in [7, 11) is 0. The van der Waals surface area contributed by atoms with Crippen LogP contribution in [0.4, 0.5) is 0 Å². The minimum atomic E-state index is 1.04. The first-order chi connectivity index (χ1) is 14.5. The Hall–Kier alpha value is -3.12. The van der Waals surface area contributed by atoms with Gasteiger partial charge in [0.25, 0.3) is 0 Å². The van der Waals surface area contributed by atoms with Crippen molar-refractivity contribution in [2.45, 2.75) is 40.5 Å². The number of benzene rings is 4. The molecule has 0 N–H and O–H groups in total. The third kappa shape index (κ3) is 2.34. The maximum Gasteiger partial charge on any atom is -0.00132 e. The van der Waals surface area contributed by atoms with E-state index in [1.54, 1.807) is 0 Å². The van der Waals surface area contributed by atoms with Crippen molar-refractivity contribution in [3.05, 3.63) is 99.1 Å². The van der Waals surface area contributed by atoms with Crippen LogP contribution in [0.1, 0.15) is 51.4 Å². The average molecular weight is 387 g/mol. The minimum absolute atomic E-state index is 1.04. The normalized spacial score (nSPS) is 14.8. The van der Waals surface area contributed by atoms with Crippen molar-refractivity contribution in [2.24, 2.45) is 0 Å². The van der Waals surface area contributed by atoms with Crippen LogP contribution in [0.2, 0.25) is 0 Å². The maximum absolute atomic E-state index is 2.46. The molecule has 0 heterocycles. The first-order valence-corrected chi connectivity index (χ1v) is 11.0. The Morgan fingerprint density at radius 2 is 1.53 bits per heavy atom. The van der Waals surface area contributed by atoms with Crippen molar-refractivity contribution >= 4 is 38.8 Å². The molecule has 0 aromatic heterocycles. The Labute approximate surface area is 178 Å². The van der Waals surface area contributed by atoms with Crippen LogP contribution in [-0.4, -0.2) is 0 Å². The van der Waals surface area contributed by atoms with Crippen molar-refractivity contribution in [1.82, 2.24) is 0 Å². The highest BCUT2D eigenvalue weighted by atomic mass is 14.3. The van der Waals surface area contributed by atoms with Crippen LogP contribution in [0.25, 0.3) is 38.8 Å². The summed E-state index contributed by atoms with van der Waals surface area (Å²) in [6, 6.07) is 18.3. The zero-order valence-corrected chi connectivity index (χ0v) is 18.2. The third-order valence-electron chi connectivity index (χ3n) is 7.51. The third-order valence-corrected chi connectivity index (χ3v) is 7.51. The van der Waals surface area contributed by atoms with Crippen molar-refractivity contribution in [3.63, 3.8) is 0 Å². The van der Waals surface area contributed by atoms with E-state index in [2.05, 4.69) is 88.4 Å². The summed E-state index contributed by atoms with van der Waals surface area (Å²) >= 11 is 0. The molecule has 0 nitrogen and oxygen atoms in total. The predicted octanol–water partition coefficient (Wildman–Crippen LogP) is 7.97. The summed E-state index contributed by atoms with van der Waals surface area (Å²) in [6.07, 6.45) is 6.96. The molecule has 0 unspecified atom stereocenters. The van der Waals surface area contributed by atoms with E-state index in [0.29, 0.717) is 0 Å². The van der Waals surface area contributed by atoms with E-state index in [1.807, 2.05) is 0 Å². The molecule has 0 heteroatoms. The molecule has 4 aromatic rings. The van der Waals surface area contributed by atoms with Crippen molar-refractivity contribution in [2.75, 3.05) is 0 Å². The first kappa shape index (κ1) is 17.7. The highest BCUT2D eigenvalue weighted by Crippen LogP contribution is 2.42. The lowest BCUT2D eigenvalue weighted by molar-refractivity contribution is 1.20. The summed E-state index contributed by atoms with van der Waals surface area (Å²) in [6.45, 7) is 9.12. The topological polar surface area (TPSA) is 0 Å². The van der Waals surface area contributed by atoms with Crippen molar-refractivity contribution in [3.8, 4) is 0 Å². The Balaban J connectivity index is 1.52. The van der Waals surface area contributed by atoms with Gasteiger partial charge in [-0.05, 0) is 124 Å². The van der Waals surface area contributed by atoms with Crippen LogP contribution in [0.15, 0.2) is 54.6 Å². The molecule has 0 bridgehead atoms. The predicted molar refractivity (Wildman–Crippen MR) is 131 cm³/mol. The van der Waals surface area contributed by atoms with Gasteiger partial charge in [-0.2, -0.15) is 0 Å². The molecule has 0 spiro atoms. The molecule has 146 valence electrons. The van der Waals surface area contributed by atoms with Gasteiger partial charge in [-0.1, -0.05) is 54.6 Å². The number of rotatable bonds is 1. The SMILES string of the molecule is CC1=CCc2c1cc1c(c2C)C=C(c2ccc3c(C)c4ccccc4cc3c2C)C1. The molecule has 0 aliphatic heterocycles. The van der Waals surface area contributed by atoms with E-state index < -0.39 is 0 Å². The van der Waals surface area contributed by atoms with E-state index >= 15 is 0 Å². The zero-order valence-electron chi connectivity index (χ0n) is 18.2. The molecule has 0 atom stereocenters. The smallest absolute Gasteiger partial charge is 0.00132 e. The van der Waals surface area contributed by atoms with Gasteiger partial charge >= 0.3 is 0 Å². The minimum Gasteiger partial charge on any atom is -0.0766 e. The fourth-order valence-corrected chi connectivity index (χ4v) is 5.73. The van der Waals surface area contributed by atoms with E-state index in [4.69, 9.17) is 0 Å². The van der Waals surface area contributed by atoms with E-state index in [1.165, 1.54) is 77.2 Å². The van der Waals surface area contributed by atoms with Gasteiger partial charge in [-0.15, -0.1) is 0 Å². The van der Waals surface area contributed by atoms with Crippen LogP contribution in [0, 0.1) is 20.8 Å². The van der Waals surface area contributed by atoms with Gasteiger partial charge in [-0.3, -0.25) is 0 Å². The second kappa shape index (κ2) is 6.19. The molecule has 0 saturated heterocycles. The summed E-state index contributed by atoms with van der Waals surface area (Å²) in [5, 5.41) is 5.46. The largest absolute Gasteiger partial charge is 0.0766 e. The number of hydrogen-bond acceptors (Lipinski definition) is 0. The summed E-state index contributed by atoms with van der Waals surface area (Å²) in [4.78, 5) is 0. The van der Waals surface area contributed by atoms with Gasteiger partial charge in [0.15, 0.2) is 0 Å². The maximum atomic E-state index is 2.46. The quantitative estimate of drug-likeness (QED) is 0.291. The lowest BCUT2D eigenvalue weighted by atomic mass is 9.90. The number of allylic oxidation sites excluding steroid dienone is 3. The van der Waals surface area contributed by atoms with Crippen molar-refractivity contribution in [1.29, 1.82) is 0 Å². The Bertz CT molecular complexity index is 1460. The van der Waals surface area contributed by atoms with Crippen LogP contribution < -0.4 is 0 Å². The van der Waals surface area contributed by atoms with E-state index in [9.17, 15) is 0 Å². The van der Waals surface area contributed by atoms with Gasteiger partial charge in [0, 0.05) is 0 Å². The molecule has 4 aromatic carbocycles. The van der Waals surface area contributed by atoms with Crippen LogP contribution in [-0.2, 0) is 12.8 Å². The second-order valence-corrected chi connectivity index (χ2v) is 9.09. The molecule has 6 rings (SSSR count). The summed E-state index contributed by atoms with van der Waals surface area (Å²) in [5.41, 5.74) is 14.5. The molecule has 2 aliphatic rings. The zero-order chi connectivity index (χ0) is 20.6. The standard InChI is InChI=1S/C30H26/c1-17-9-10-26-20(4)29-16-22(13-23(29)15-28(17)26)25-11-12-27-18(2)24-8-6-5-7-21(24)14-30(27)19(25)3/h5-9,11-12,14-16H,10,13H2,1-4H3. The summed E-state index contributed by atoms with van der Waals surface area (Å²) < 4.78 is 0. The molecule has 0 radical (unpaired) electrons. The van der Waals surface area contributed by atoms with Crippen molar-refractivity contribution < 1.29 is 0 Å². The molecule has 0 saturated carbocycles. The Morgan fingerprint density at radius 1 is 0.700 bits per heavy atom. The highest BCUT2D eigenvalue weighted by Gasteiger charge is 2.23. The lowest BCUT2D eigenvalue weighted by Crippen LogP contribution is -1.96. The molecule has 0 fully saturated rings. The second-order valence-electron chi connectivity index (χ2n) is 9.09. The Morgan fingerprint density at radius 3 is 2.40 bits per heavy atom. The molecule has 2 aliphatic carbocycles. The number of fused-ring (bicyclic) bond motifs is 4. The fourth-order valence-electron chi connectivity index (χ4n) is 5.73. The van der Waals surface area contributed by atoms with E-state index in [-0.39, 0.29) is 0 Å². The van der Waals surface area contributed by atoms with Gasteiger partial charge in [0.1, 0.15) is 0 Å². The lowest BCUT2D eigenvalue weighted by Gasteiger charge is -2.14. The van der Waals surface area contributed by atoms with Gasteiger partial charge in [0.05, 0.1) is 0 Å². The summed E-state index contributed by atoms with van der Waals surface area (Å²) in [5.74, 6) is 0. The molecular formula is C30H26. The molecular weight excluding hydrogens is 360 g/mol. The van der Waals surface area contributed by atoms with Crippen LogP contribution in [0.3, 0.4) is 0 Å². The monoisotopic (exact) mass is 386 g/mol. The number of hydrogen-bond donors (Lipinski definition) is 0. The molecule has 30 heavy (non-hydrogen) atoms. The van der Waals surface area contributed by atoms with E-state index in [0.717, 1.165) is 12.8 Å².